The molecule has 2 rings (SSSR count). The number of hydrogen-bond acceptors (Lipinski definition) is 4. The molecule has 0 amide bonds. The van der Waals surface area contributed by atoms with Gasteiger partial charge in [-0.25, -0.2) is 0 Å². The van der Waals surface area contributed by atoms with Gasteiger partial charge in [0.25, 0.3) is 0 Å². The number of anilines is 2. The number of methoxy groups -OCH3 is 1. The second-order valence-corrected chi connectivity index (χ2v) is 4.64. The zero-order valence-corrected chi connectivity index (χ0v) is 11.2. The topological polar surface area (TPSA) is 47.7 Å². The van der Waals surface area contributed by atoms with E-state index in [0.29, 0.717) is 12.7 Å². The van der Waals surface area contributed by atoms with Crippen molar-refractivity contribution < 1.29 is 9.47 Å². The molecule has 1 saturated heterocycles. The lowest BCUT2D eigenvalue weighted by Crippen LogP contribution is -2.39. The van der Waals surface area contributed by atoms with Gasteiger partial charge in [-0.05, 0) is 25.8 Å². The van der Waals surface area contributed by atoms with Crippen LogP contribution in [0.25, 0.3) is 0 Å². The van der Waals surface area contributed by atoms with Gasteiger partial charge in [0.1, 0.15) is 5.75 Å². The normalized spacial score (nSPS) is 19.9. The first-order valence-corrected chi connectivity index (χ1v) is 6.54. The van der Waals surface area contributed by atoms with Crippen LogP contribution in [0.5, 0.6) is 5.75 Å². The molecule has 2 N–H and O–H groups in total. The summed E-state index contributed by atoms with van der Waals surface area (Å²) in [4.78, 5) is 2.32. The number of nitrogens with two attached hydrogens (primary N) is 1. The lowest BCUT2D eigenvalue weighted by atomic mass is 10.1. The van der Waals surface area contributed by atoms with E-state index in [-0.39, 0.29) is 0 Å². The minimum atomic E-state index is 0.315. The largest absolute Gasteiger partial charge is 0.494 e. The van der Waals surface area contributed by atoms with E-state index in [1.165, 1.54) is 0 Å². The van der Waals surface area contributed by atoms with Crippen molar-refractivity contribution in [3.8, 4) is 5.75 Å². The van der Waals surface area contributed by atoms with Crippen molar-refractivity contribution in [2.24, 2.45) is 0 Å². The van der Waals surface area contributed by atoms with Crippen LogP contribution in [0.15, 0.2) is 18.2 Å². The molecule has 0 bridgehead atoms. The van der Waals surface area contributed by atoms with Crippen LogP contribution >= 0.6 is 0 Å². The predicted molar refractivity (Wildman–Crippen MR) is 74.3 cm³/mol. The molecule has 1 aromatic rings. The number of nitrogens with zero attached hydrogens (tertiary/aromatic N) is 1. The third-order valence-corrected chi connectivity index (χ3v) is 3.30. The van der Waals surface area contributed by atoms with Gasteiger partial charge < -0.3 is 20.1 Å². The highest BCUT2D eigenvalue weighted by atomic mass is 16.5. The van der Waals surface area contributed by atoms with E-state index in [0.717, 1.165) is 43.1 Å². The van der Waals surface area contributed by atoms with Crippen LogP contribution in [-0.4, -0.2) is 32.9 Å². The molecular formula is C14H22N2O2. The SMILES string of the molecule is CCOc1cc(N)cc(N2CCCC(OC)C2)c1. The predicted octanol–water partition coefficient (Wildman–Crippen LogP) is 2.28. The highest BCUT2D eigenvalue weighted by Gasteiger charge is 2.20. The van der Waals surface area contributed by atoms with Gasteiger partial charge in [0.05, 0.1) is 12.7 Å². The summed E-state index contributed by atoms with van der Waals surface area (Å²) in [6.07, 6.45) is 2.60. The van der Waals surface area contributed by atoms with Gasteiger partial charge in [-0.15, -0.1) is 0 Å². The summed E-state index contributed by atoms with van der Waals surface area (Å²) < 4.78 is 11.0. The third kappa shape index (κ3) is 3.07. The number of benzene rings is 1. The first kappa shape index (κ1) is 13.0. The van der Waals surface area contributed by atoms with Crippen molar-refractivity contribution in [1.82, 2.24) is 0 Å². The minimum absolute atomic E-state index is 0.315. The van der Waals surface area contributed by atoms with Crippen LogP contribution in [0.1, 0.15) is 19.8 Å². The van der Waals surface area contributed by atoms with Crippen molar-refractivity contribution in [2.45, 2.75) is 25.9 Å². The van der Waals surface area contributed by atoms with Gasteiger partial charge in [-0.1, -0.05) is 0 Å². The highest BCUT2D eigenvalue weighted by molar-refractivity contribution is 5.60. The van der Waals surface area contributed by atoms with E-state index in [1.54, 1.807) is 7.11 Å². The first-order chi connectivity index (χ1) is 8.72. The summed E-state index contributed by atoms with van der Waals surface area (Å²) in [5.74, 6) is 0.840. The van der Waals surface area contributed by atoms with E-state index < -0.39 is 0 Å². The van der Waals surface area contributed by atoms with Crippen molar-refractivity contribution >= 4 is 11.4 Å². The van der Waals surface area contributed by atoms with E-state index in [2.05, 4.69) is 11.0 Å². The lowest BCUT2D eigenvalue weighted by Gasteiger charge is -2.34. The molecule has 0 saturated carbocycles. The molecular weight excluding hydrogens is 228 g/mol. The van der Waals surface area contributed by atoms with E-state index in [9.17, 15) is 0 Å². The van der Waals surface area contributed by atoms with Crippen LogP contribution in [0.4, 0.5) is 11.4 Å². The van der Waals surface area contributed by atoms with Crippen LogP contribution < -0.4 is 15.4 Å². The molecule has 1 heterocycles. The Morgan fingerprint density at radius 2 is 2.22 bits per heavy atom. The molecule has 4 heteroatoms. The van der Waals surface area contributed by atoms with Crippen molar-refractivity contribution in [3.05, 3.63) is 18.2 Å². The maximum atomic E-state index is 5.93. The Kier molecular flexibility index (Phi) is 4.31. The molecule has 1 atom stereocenters. The number of ether oxygens (including phenoxy) is 2. The molecule has 1 aliphatic rings. The maximum absolute atomic E-state index is 5.93. The van der Waals surface area contributed by atoms with Crippen LogP contribution in [0, 0.1) is 0 Å². The summed E-state index contributed by atoms with van der Waals surface area (Å²) in [5.41, 5.74) is 7.80. The van der Waals surface area contributed by atoms with Crippen LogP contribution in [0.2, 0.25) is 0 Å². The number of nitrogen functional groups attached to an aromatic ring is 1. The second kappa shape index (κ2) is 5.96. The average molecular weight is 250 g/mol. The van der Waals surface area contributed by atoms with E-state index in [1.807, 2.05) is 19.1 Å². The maximum Gasteiger partial charge on any atom is 0.123 e. The lowest BCUT2D eigenvalue weighted by molar-refractivity contribution is 0.0893. The van der Waals surface area contributed by atoms with Gasteiger partial charge in [-0.2, -0.15) is 0 Å². The Balaban J connectivity index is 2.16. The van der Waals surface area contributed by atoms with Gasteiger partial charge in [0.2, 0.25) is 0 Å². The molecule has 18 heavy (non-hydrogen) atoms. The summed E-state index contributed by atoms with van der Waals surface area (Å²) in [6.45, 7) is 4.61. The van der Waals surface area contributed by atoms with Gasteiger partial charge >= 0.3 is 0 Å². The summed E-state index contributed by atoms with van der Waals surface area (Å²) in [6, 6.07) is 5.92. The third-order valence-electron chi connectivity index (χ3n) is 3.30. The Labute approximate surface area is 109 Å². The molecule has 1 aromatic carbocycles. The van der Waals surface area contributed by atoms with Crippen LogP contribution in [-0.2, 0) is 4.74 Å². The molecule has 4 nitrogen and oxygen atoms in total. The summed E-state index contributed by atoms with van der Waals surface area (Å²) >= 11 is 0. The monoisotopic (exact) mass is 250 g/mol. The number of piperidine rings is 1. The average Bonchev–Trinajstić information content (AvgIpc) is 2.38. The highest BCUT2D eigenvalue weighted by Crippen LogP contribution is 2.28. The first-order valence-electron chi connectivity index (χ1n) is 6.54. The molecule has 0 aromatic heterocycles. The van der Waals surface area contributed by atoms with Gasteiger partial charge in [-0.3, -0.25) is 0 Å². The molecule has 0 spiro atoms. The molecule has 1 fully saturated rings. The zero-order valence-electron chi connectivity index (χ0n) is 11.2. The Hall–Kier alpha value is -1.42. The Bertz CT molecular complexity index is 395. The summed E-state index contributed by atoms with van der Waals surface area (Å²) in [7, 11) is 1.78. The standard InChI is InChI=1S/C14H22N2O2/c1-3-18-14-8-11(15)7-12(9-14)16-6-4-5-13(10-16)17-2/h7-9,13H,3-6,10,15H2,1-2H3. The molecule has 100 valence electrons. The van der Waals surface area contributed by atoms with Crippen molar-refractivity contribution in [3.63, 3.8) is 0 Å². The number of rotatable bonds is 4. The fourth-order valence-electron chi connectivity index (χ4n) is 2.40. The Morgan fingerprint density at radius 3 is 2.94 bits per heavy atom. The van der Waals surface area contributed by atoms with E-state index in [4.69, 9.17) is 15.2 Å². The van der Waals surface area contributed by atoms with Crippen LogP contribution in [0.3, 0.4) is 0 Å². The molecule has 0 radical (unpaired) electrons. The Morgan fingerprint density at radius 1 is 1.39 bits per heavy atom. The number of hydrogen-bond donors (Lipinski definition) is 1. The second-order valence-electron chi connectivity index (χ2n) is 4.64. The minimum Gasteiger partial charge on any atom is -0.494 e. The summed E-state index contributed by atoms with van der Waals surface area (Å²) in [5, 5.41) is 0. The molecule has 0 aliphatic carbocycles. The van der Waals surface area contributed by atoms with Gasteiger partial charge in [0.15, 0.2) is 0 Å². The fraction of sp³-hybridized carbons (Fsp3) is 0.571. The molecule has 1 aliphatic heterocycles. The fourth-order valence-corrected chi connectivity index (χ4v) is 2.40. The van der Waals surface area contributed by atoms with Gasteiger partial charge in [0, 0.05) is 43.7 Å². The van der Waals surface area contributed by atoms with Crippen molar-refractivity contribution in [2.75, 3.05) is 37.4 Å². The molecule has 1 unspecified atom stereocenters. The van der Waals surface area contributed by atoms with Crippen molar-refractivity contribution in [1.29, 1.82) is 0 Å². The smallest absolute Gasteiger partial charge is 0.123 e. The quantitative estimate of drug-likeness (QED) is 0.833. The van der Waals surface area contributed by atoms with E-state index >= 15 is 0 Å². The zero-order chi connectivity index (χ0) is 13.0.